The monoisotopic (exact) mass is 464 g/mol. The van der Waals surface area contributed by atoms with Gasteiger partial charge in [-0.05, 0) is 36.8 Å². The minimum Gasteiger partial charge on any atom is -0.338 e. The van der Waals surface area contributed by atoms with Gasteiger partial charge in [-0.15, -0.1) is 0 Å². The predicted octanol–water partition coefficient (Wildman–Crippen LogP) is 2.23. The summed E-state index contributed by atoms with van der Waals surface area (Å²) in [5, 5.41) is 5.39. The summed E-state index contributed by atoms with van der Waals surface area (Å²) in [5.74, 6) is -0.453. The number of hydrogen-bond acceptors (Lipinski definition) is 5. The van der Waals surface area contributed by atoms with Crippen molar-refractivity contribution in [2.45, 2.75) is 17.9 Å². The first kappa shape index (κ1) is 23.2. The molecule has 0 aromatic heterocycles. The first-order valence-corrected chi connectivity index (χ1v) is 11.8. The number of nitrogens with one attached hydrogen (secondary N) is 2. The first-order valence-electron chi connectivity index (χ1n) is 9.96. The van der Waals surface area contributed by atoms with Gasteiger partial charge in [0, 0.05) is 37.7 Å². The second kappa shape index (κ2) is 10.2. The van der Waals surface area contributed by atoms with E-state index in [2.05, 4.69) is 10.6 Å². The Bertz CT molecular complexity index is 1010. The number of hydrogen-bond donors (Lipinski definition) is 2. The molecule has 0 spiro atoms. The fourth-order valence-corrected chi connectivity index (χ4v) is 5.05. The third-order valence-electron chi connectivity index (χ3n) is 5.03. The lowest BCUT2D eigenvalue weighted by Gasteiger charge is -2.38. The summed E-state index contributed by atoms with van der Waals surface area (Å²) < 4.78 is 27.3. The second-order valence-electron chi connectivity index (χ2n) is 7.06. The number of amides is 3. The molecule has 1 aliphatic rings. The second-order valence-corrected chi connectivity index (χ2v) is 9.43. The largest absolute Gasteiger partial charge is 0.338 e. The van der Waals surface area contributed by atoms with Crippen molar-refractivity contribution in [1.82, 2.24) is 19.8 Å². The van der Waals surface area contributed by atoms with Gasteiger partial charge in [0.2, 0.25) is 15.9 Å². The molecule has 0 bridgehead atoms. The molecule has 1 saturated heterocycles. The van der Waals surface area contributed by atoms with Crippen LogP contribution in [0.3, 0.4) is 0 Å². The molecular weight excluding hydrogens is 440 g/mol. The zero-order valence-corrected chi connectivity index (χ0v) is 18.7. The molecule has 3 rings (SSSR count). The highest BCUT2D eigenvalue weighted by atomic mass is 35.5. The zero-order chi connectivity index (χ0) is 22.4. The van der Waals surface area contributed by atoms with Gasteiger partial charge in [-0.1, -0.05) is 41.9 Å². The molecular formula is C21H25ClN4O4S. The van der Waals surface area contributed by atoms with Crippen molar-refractivity contribution in [2.75, 3.05) is 32.7 Å². The Hall–Kier alpha value is -2.46. The van der Waals surface area contributed by atoms with Gasteiger partial charge >= 0.3 is 6.03 Å². The predicted molar refractivity (Wildman–Crippen MR) is 118 cm³/mol. The van der Waals surface area contributed by atoms with Crippen LogP contribution < -0.4 is 10.6 Å². The molecule has 1 aliphatic heterocycles. The summed E-state index contributed by atoms with van der Waals surface area (Å²) in [4.78, 5) is 26.8. The number of urea groups is 1. The maximum atomic E-state index is 12.9. The fraction of sp³-hybridized carbons (Fsp3) is 0.333. The summed E-state index contributed by atoms with van der Waals surface area (Å²) in [7, 11) is -3.66. The Balaban J connectivity index is 1.75. The van der Waals surface area contributed by atoms with Crippen LogP contribution in [0.1, 0.15) is 18.5 Å². The number of halogens is 1. The van der Waals surface area contributed by atoms with E-state index >= 15 is 0 Å². The Morgan fingerprint density at radius 1 is 1.00 bits per heavy atom. The highest BCUT2D eigenvalue weighted by Gasteiger charge is 2.34. The number of imide groups is 1. The van der Waals surface area contributed by atoms with Gasteiger partial charge in [0.05, 0.1) is 4.90 Å². The van der Waals surface area contributed by atoms with Crippen LogP contribution in [0.25, 0.3) is 0 Å². The van der Waals surface area contributed by atoms with Crippen LogP contribution in [0.4, 0.5) is 4.79 Å². The number of piperazine rings is 1. The quantitative estimate of drug-likeness (QED) is 0.683. The molecule has 31 heavy (non-hydrogen) atoms. The molecule has 0 saturated carbocycles. The van der Waals surface area contributed by atoms with Crippen LogP contribution in [0.5, 0.6) is 0 Å². The number of rotatable bonds is 6. The Morgan fingerprint density at radius 3 is 2.19 bits per heavy atom. The first-order chi connectivity index (χ1) is 14.8. The van der Waals surface area contributed by atoms with Crippen molar-refractivity contribution in [3.63, 3.8) is 0 Å². The van der Waals surface area contributed by atoms with Crippen molar-refractivity contribution in [3.05, 3.63) is 65.2 Å². The third kappa shape index (κ3) is 5.62. The zero-order valence-electron chi connectivity index (χ0n) is 17.1. The van der Waals surface area contributed by atoms with Crippen molar-refractivity contribution < 1.29 is 18.0 Å². The minimum absolute atomic E-state index is 0.180. The summed E-state index contributed by atoms with van der Waals surface area (Å²) in [6.45, 7) is 3.30. The molecule has 2 aromatic carbocycles. The Morgan fingerprint density at radius 2 is 1.61 bits per heavy atom. The van der Waals surface area contributed by atoms with Crippen LogP contribution >= 0.6 is 11.6 Å². The van der Waals surface area contributed by atoms with Gasteiger partial charge in [-0.25, -0.2) is 13.2 Å². The normalized spacial score (nSPS) is 16.5. The molecule has 166 valence electrons. The molecule has 1 heterocycles. The summed E-state index contributed by atoms with van der Waals surface area (Å²) in [6.07, 6.45) is 0. The lowest BCUT2D eigenvalue weighted by atomic mass is 10.0. The number of nitrogens with zero attached hydrogens (tertiary/aromatic N) is 2. The lowest BCUT2D eigenvalue weighted by molar-refractivity contribution is -0.126. The molecule has 10 heteroatoms. The summed E-state index contributed by atoms with van der Waals surface area (Å²) >= 11 is 5.86. The van der Waals surface area contributed by atoms with Gasteiger partial charge in [0.25, 0.3) is 0 Å². The topological polar surface area (TPSA) is 98.8 Å². The van der Waals surface area contributed by atoms with Gasteiger partial charge in [-0.2, -0.15) is 4.31 Å². The van der Waals surface area contributed by atoms with Gasteiger partial charge in [-0.3, -0.25) is 15.0 Å². The standard InChI is InChI=1S/C21H25ClN4O4S/c1-2-23-21(28)24-20(27)19(16-6-4-3-5-7-16)25-12-14-26(15-13-25)31(29,30)18-10-8-17(22)9-11-18/h3-11,19H,2,12-15H2,1H3,(H2,23,24,27,28). The molecule has 8 nitrogen and oxygen atoms in total. The van der Waals surface area contributed by atoms with E-state index in [0.717, 1.165) is 5.56 Å². The van der Waals surface area contributed by atoms with Crippen LogP contribution in [-0.4, -0.2) is 62.3 Å². The van der Waals surface area contributed by atoms with E-state index in [0.29, 0.717) is 24.7 Å². The molecule has 1 atom stereocenters. The molecule has 2 N–H and O–H groups in total. The van der Waals surface area contributed by atoms with Crippen molar-refractivity contribution in [3.8, 4) is 0 Å². The van der Waals surface area contributed by atoms with Crippen molar-refractivity contribution in [1.29, 1.82) is 0 Å². The maximum absolute atomic E-state index is 12.9. The number of carbonyl (C=O) groups excluding carboxylic acids is 2. The Labute approximate surface area is 187 Å². The van der Waals surface area contributed by atoms with Crippen LogP contribution in [0, 0.1) is 0 Å². The lowest BCUT2D eigenvalue weighted by Crippen LogP contribution is -2.53. The minimum atomic E-state index is -3.66. The smallest absolute Gasteiger partial charge is 0.321 e. The van der Waals surface area contributed by atoms with Crippen LogP contribution in [0.2, 0.25) is 5.02 Å². The van der Waals surface area contributed by atoms with E-state index in [1.165, 1.54) is 16.4 Å². The maximum Gasteiger partial charge on any atom is 0.321 e. The summed E-state index contributed by atoms with van der Waals surface area (Å²) in [5.41, 5.74) is 0.735. The number of benzene rings is 2. The highest BCUT2D eigenvalue weighted by molar-refractivity contribution is 7.89. The molecule has 1 unspecified atom stereocenters. The molecule has 3 amide bonds. The molecule has 2 aromatic rings. The van der Waals surface area contributed by atoms with Crippen LogP contribution in [-0.2, 0) is 14.8 Å². The fourth-order valence-electron chi connectivity index (χ4n) is 3.51. The molecule has 0 radical (unpaired) electrons. The van der Waals surface area contributed by atoms with Gasteiger partial charge < -0.3 is 5.32 Å². The third-order valence-corrected chi connectivity index (χ3v) is 7.19. The van der Waals surface area contributed by atoms with E-state index in [4.69, 9.17) is 11.6 Å². The number of sulfonamides is 1. The molecule has 1 fully saturated rings. The van der Waals surface area contributed by atoms with E-state index < -0.39 is 28.0 Å². The average molecular weight is 465 g/mol. The average Bonchev–Trinajstić information content (AvgIpc) is 2.75. The van der Waals surface area contributed by atoms with E-state index in [1.807, 2.05) is 35.2 Å². The van der Waals surface area contributed by atoms with E-state index in [1.54, 1.807) is 19.1 Å². The van der Waals surface area contributed by atoms with E-state index in [9.17, 15) is 18.0 Å². The summed E-state index contributed by atoms with van der Waals surface area (Å²) in [6, 6.07) is 13.9. The number of carbonyl (C=O) groups is 2. The van der Waals surface area contributed by atoms with Gasteiger partial charge in [0.15, 0.2) is 0 Å². The van der Waals surface area contributed by atoms with Gasteiger partial charge in [0.1, 0.15) is 6.04 Å². The van der Waals surface area contributed by atoms with Crippen molar-refractivity contribution in [2.24, 2.45) is 0 Å². The highest BCUT2D eigenvalue weighted by Crippen LogP contribution is 2.25. The van der Waals surface area contributed by atoms with E-state index in [-0.39, 0.29) is 18.0 Å². The SMILES string of the molecule is CCNC(=O)NC(=O)C(c1ccccc1)N1CCN(S(=O)(=O)c2ccc(Cl)cc2)CC1. The Kier molecular flexibility index (Phi) is 7.66. The van der Waals surface area contributed by atoms with Crippen molar-refractivity contribution >= 4 is 33.6 Å². The molecule has 0 aliphatic carbocycles. The van der Waals surface area contributed by atoms with Crippen LogP contribution in [0.15, 0.2) is 59.5 Å².